The highest BCUT2D eigenvalue weighted by Crippen LogP contribution is 2.18. The Kier molecular flexibility index (Phi) is 21.8. The largest absolute Gasteiger partial charge is 0.313 e. The summed E-state index contributed by atoms with van der Waals surface area (Å²) >= 11 is 0. The van der Waals surface area contributed by atoms with E-state index in [0.717, 1.165) is 12.6 Å². The Bertz CT molecular complexity index is 221. The van der Waals surface area contributed by atoms with E-state index < -0.39 is 5.67 Å². The molecular formula is C19H46FN3. The van der Waals surface area contributed by atoms with Gasteiger partial charge >= 0.3 is 0 Å². The van der Waals surface area contributed by atoms with Crippen LogP contribution in [0.5, 0.6) is 0 Å². The maximum atomic E-state index is 13.2. The average Bonchev–Trinajstić information content (AvgIpc) is 2.86. The molecule has 0 aromatic carbocycles. The highest BCUT2D eigenvalue weighted by atomic mass is 19.1. The van der Waals surface area contributed by atoms with Crippen molar-refractivity contribution in [3.8, 4) is 0 Å². The van der Waals surface area contributed by atoms with Crippen LogP contribution in [0.3, 0.4) is 0 Å². The molecule has 4 heteroatoms. The number of hydrogen-bond donors (Lipinski definition) is 2. The van der Waals surface area contributed by atoms with Crippen molar-refractivity contribution >= 4 is 0 Å². The van der Waals surface area contributed by atoms with E-state index in [2.05, 4.69) is 57.3 Å². The first-order valence-corrected chi connectivity index (χ1v) is 9.53. The molecular weight excluding hydrogens is 289 g/mol. The zero-order valence-electron chi connectivity index (χ0n) is 17.7. The summed E-state index contributed by atoms with van der Waals surface area (Å²) in [6, 6.07) is 0.785. The second kappa shape index (κ2) is 18.2. The molecule has 0 aromatic heterocycles. The van der Waals surface area contributed by atoms with E-state index in [-0.39, 0.29) is 6.04 Å². The fraction of sp³-hybridized carbons (Fsp3) is 1.00. The third-order valence-electron chi connectivity index (χ3n) is 3.72. The monoisotopic (exact) mass is 335 g/mol. The lowest BCUT2D eigenvalue weighted by Crippen LogP contribution is -2.42. The number of nitrogens with zero attached hydrogens (tertiary/aromatic N) is 1. The first kappa shape index (κ1) is 27.6. The van der Waals surface area contributed by atoms with E-state index in [1.54, 1.807) is 14.0 Å². The lowest BCUT2D eigenvalue weighted by Gasteiger charge is -2.21. The zero-order valence-corrected chi connectivity index (χ0v) is 17.7. The number of nitrogens with one attached hydrogen (secondary N) is 2. The maximum absolute atomic E-state index is 13.2. The van der Waals surface area contributed by atoms with E-state index in [9.17, 15) is 4.39 Å². The van der Waals surface area contributed by atoms with Gasteiger partial charge in [0.2, 0.25) is 0 Å². The van der Waals surface area contributed by atoms with E-state index in [1.165, 1.54) is 25.7 Å². The Labute approximate surface area is 146 Å². The minimum atomic E-state index is -1.06. The van der Waals surface area contributed by atoms with Gasteiger partial charge in [-0.3, -0.25) is 0 Å². The molecule has 1 fully saturated rings. The molecule has 1 aliphatic rings. The SMILES string of the molecule is CC.CCC.CCCC(CC)N(C)C.CNC1CNCC1(C)F. The van der Waals surface area contributed by atoms with Crippen molar-refractivity contribution in [2.75, 3.05) is 34.2 Å². The molecule has 1 rings (SSSR count). The highest BCUT2D eigenvalue weighted by molar-refractivity contribution is 4.96. The van der Waals surface area contributed by atoms with Gasteiger partial charge in [-0.2, -0.15) is 0 Å². The lowest BCUT2D eigenvalue weighted by atomic mass is 10.0. The molecule has 0 aliphatic carbocycles. The number of hydrogen-bond acceptors (Lipinski definition) is 3. The quantitative estimate of drug-likeness (QED) is 0.776. The van der Waals surface area contributed by atoms with E-state index in [1.807, 2.05) is 13.8 Å². The van der Waals surface area contributed by atoms with Crippen LogP contribution in [0, 0.1) is 0 Å². The van der Waals surface area contributed by atoms with Crippen LogP contribution in [0.4, 0.5) is 4.39 Å². The van der Waals surface area contributed by atoms with Crippen molar-refractivity contribution in [1.82, 2.24) is 15.5 Å². The van der Waals surface area contributed by atoms with Crippen molar-refractivity contribution in [1.29, 1.82) is 0 Å². The third-order valence-corrected chi connectivity index (χ3v) is 3.72. The molecule has 0 spiro atoms. The summed E-state index contributed by atoms with van der Waals surface area (Å²) in [7, 11) is 6.10. The molecule has 0 amide bonds. The minimum Gasteiger partial charge on any atom is -0.313 e. The summed E-state index contributed by atoms with van der Waals surface area (Å²) in [5.74, 6) is 0. The zero-order chi connectivity index (χ0) is 18.9. The van der Waals surface area contributed by atoms with Gasteiger partial charge in [0.1, 0.15) is 5.67 Å². The van der Waals surface area contributed by atoms with Gasteiger partial charge in [0, 0.05) is 19.1 Å². The molecule has 3 nitrogen and oxygen atoms in total. The van der Waals surface area contributed by atoms with Gasteiger partial charge in [0.05, 0.1) is 6.04 Å². The highest BCUT2D eigenvalue weighted by Gasteiger charge is 2.37. The maximum Gasteiger partial charge on any atom is 0.137 e. The molecule has 23 heavy (non-hydrogen) atoms. The molecule has 0 bridgehead atoms. The summed E-state index contributed by atoms with van der Waals surface area (Å²) in [5, 5.41) is 5.89. The fourth-order valence-corrected chi connectivity index (χ4v) is 2.36. The molecule has 0 saturated carbocycles. The van der Waals surface area contributed by atoms with E-state index in [4.69, 9.17) is 0 Å². The van der Waals surface area contributed by atoms with Crippen LogP contribution in [-0.4, -0.2) is 56.9 Å². The summed E-state index contributed by atoms with van der Waals surface area (Å²) in [4.78, 5) is 2.31. The number of halogens is 1. The first-order chi connectivity index (χ1) is 10.8. The van der Waals surface area contributed by atoms with Crippen molar-refractivity contribution < 1.29 is 4.39 Å². The van der Waals surface area contributed by atoms with Gasteiger partial charge < -0.3 is 15.5 Å². The van der Waals surface area contributed by atoms with Crippen LogP contribution < -0.4 is 10.6 Å². The molecule has 3 unspecified atom stereocenters. The molecule has 1 heterocycles. The minimum absolute atomic E-state index is 0.0162. The van der Waals surface area contributed by atoms with E-state index in [0.29, 0.717) is 6.54 Å². The van der Waals surface area contributed by atoms with Gasteiger partial charge in [0.25, 0.3) is 0 Å². The Balaban J connectivity index is -0.000000272. The van der Waals surface area contributed by atoms with Gasteiger partial charge in [-0.25, -0.2) is 4.39 Å². The summed E-state index contributed by atoms with van der Waals surface area (Å²) in [5.41, 5.74) is -1.06. The Morgan fingerprint density at radius 1 is 1.22 bits per heavy atom. The third kappa shape index (κ3) is 15.1. The Morgan fingerprint density at radius 3 is 1.83 bits per heavy atom. The molecule has 144 valence electrons. The number of rotatable bonds is 5. The predicted molar refractivity (Wildman–Crippen MR) is 105 cm³/mol. The van der Waals surface area contributed by atoms with Crippen molar-refractivity contribution in [2.45, 2.75) is 91.9 Å². The van der Waals surface area contributed by atoms with Crippen LogP contribution in [0.15, 0.2) is 0 Å². The van der Waals surface area contributed by atoms with Crippen LogP contribution in [0.1, 0.15) is 74.1 Å². The predicted octanol–water partition coefficient (Wildman–Crippen LogP) is 4.48. The molecule has 0 radical (unpaired) electrons. The molecule has 0 aromatic rings. The van der Waals surface area contributed by atoms with Gasteiger partial charge in [0.15, 0.2) is 0 Å². The molecule has 1 saturated heterocycles. The fourth-order valence-electron chi connectivity index (χ4n) is 2.36. The van der Waals surface area contributed by atoms with Gasteiger partial charge in [-0.1, -0.05) is 54.4 Å². The second-order valence-corrected chi connectivity index (χ2v) is 6.27. The molecule has 1 aliphatic heterocycles. The van der Waals surface area contributed by atoms with E-state index >= 15 is 0 Å². The van der Waals surface area contributed by atoms with Crippen molar-refractivity contribution in [3.63, 3.8) is 0 Å². The smallest absolute Gasteiger partial charge is 0.137 e. The average molecular weight is 336 g/mol. The normalized spacial score (nSPS) is 23.7. The van der Waals surface area contributed by atoms with Crippen molar-refractivity contribution in [3.05, 3.63) is 0 Å². The van der Waals surface area contributed by atoms with Crippen LogP contribution >= 0.6 is 0 Å². The number of alkyl halides is 1. The summed E-state index contributed by atoms with van der Waals surface area (Å²) in [6.07, 6.45) is 5.17. The number of likely N-dealkylation sites (N-methyl/N-ethyl adjacent to an activating group) is 1. The van der Waals surface area contributed by atoms with Crippen LogP contribution in [-0.2, 0) is 0 Å². The first-order valence-electron chi connectivity index (χ1n) is 9.53. The Hall–Kier alpha value is -0.190. The molecule has 2 N–H and O–H groups in total. The van der Waals surface area contributed by atoms with Gasteiger partial charge in [-0.15, -0.1) is 0 Å². The topological polar surface area (TPSA) is 27.3 Å². The summed E-state index contributed by atoms with van der Waals surface area (Å²) < 4.78 is 13.2. The van der Waals surface area contributed by atoms with Gasteiger partial charge in [-0.05, 0) is 40.9 Å². The Morgan fingerprint density at radius 2 is 1.70 bits per heavy atom. The molecule has 3 atom stereocenters. The van der Waals surface area contributed by atoms with Crippen molar-refractivity contribution in [2.24, 2.45) is 0 Å². The summed E-state index contributed by atoms with van der Waals surface area (Å²) in [6.45, 7) is 15.6. The second-order valence-electron chi connectivity index (χ2n) is 6.27. The van der Waals surface area contributed by atoms with Crippen LogP contribution in [0.25, 0.3) is 0 Å². The standard InChI is InChI=1S/C8H19N.C6H13FN2.C3H8.C2H6/c1-5-7-8(6-2)9(3)4;1-6(7)4-9-3-5(6)8-2;1-3-2;1-2/h8H,5-7H2,1-4H3;5,8-9H,3-4H2,1-2H3;3H2,1-2H3;1-2H3. The lowest BCUT2D eigenvalue weighted by molar-refractivity contribution is 0.177. The van der Waals surface area contributed by atoms with Crippen LogP contribution in [0.2, 0.25) is 0 Å².